The molecule has 2 aliphatic heterocycles. The van der Waals surface area contributed by atoms with Gasteiger partial charge in [-0.1, -0.05) is 0 Å². The zero-order valence-electron chi connectivity index (χ0n) is 12.7. The quantitative estimate of drug-likeness (QED) is 0.841. The third-order valence-corrected chi connectivity index (χ3v) is 4.52. The van der Waals surface area contributed by atoms with Crippen LogP contribution in [0.25, 0.3) is 5.78 Å². The van der Waals surface area contributed by atoms with Crippen LogP contribution in [0.3, 0.4) is 0 Å². The maximum absolute atomic E-state index is 12.8. The summed E-state index contributed by atoms with van der Waals surface area (Å²) in [6, 6.07) is 2.24. The van der Waals surface area contributed by atoms with E-state index < -0.39 is 12.0 Å². The van der Waals surface area contributed by atoms with Crippen LogP contribution in [0, 0.1) is 6.92 Å². The molecule has 2 saturated heterocycles. The number of alkyl halides is 3. The summed E-state index contributed by atoms with van der Waals surface area (Å²) >= 11 is 0. The number of hydrogen-bond acceptors (Lipinski definition) is 5. The molecule has 0 bridgehead atoms. The fourth-order valence-corrected chi connectivity index (χ4v) is 3.29. The Labute approximate surface area is 130 Å². The van der Waals surface area contributed by atoms with Crippen LogP contribution in [0.15, 0.2) is 6.07 Å². The molecule has 23 heavy (non-hydrogen) atoms. The number of hydrogen-bond donors (Lipinski definition) is 0. The lowest BCUT2D eigenvalue weighted by atomic mass is 10.1. The number of likely N-dealkylation sites (tertiary alicyclic amines) is 1. The van der Waals surface area contributed by atoms with E-state index in [1.54, 1.807) is 13.0 Å². The van der Waals surface area contributed by atoms with Gasteiger partial charge in [-0.2, -0.15) is 22.7 Å². The van der Waals surface area contributed by atoms with Gasteiger partial charge in [-0.25, -0.2) is 4.98 Å². The number of nitrogens with zero attached hydrogens (tertiary/aromatic N) is 6. The molecule has 0 spiro atoms. The molecule has 4 rings (SSSR count). The predicted molar refractivity (Wildman–Crippen MR) is 77.3 cm³/mol. The first-order valence-electron chi connectivity index (χ1n) is 7.72. The van der Waals surface area contributed by atoms with Crippen LogP contribution >= 0.6 is 0 Å². The van der Waals surface area contributed by atoms with Gasteiger partial charge in [0.1, 0.15) is 5.82 Å². The zero-order valence-corrected chi connectivity index (χ0v) is 12.7. The van der Waals surface area contributed by atoms with E-state index in [-0.39, 0.29) is 5.78 Å². The van der Waals surface area contributed by atoms with E-state index in [1.165, 1.54) is 17.4 Å². The third kappa shape index (κ3) is 2.52. The monoisotopic (exact) mass is 326 g/mol. The molecular formula is C14H17F3N6. The first kappa shape index (κ1) is 14.7. The Bertz CT molecular complexity index is 728. The summed E-state index contributed by atoms with van der Waals surface area (Å²) in [4.78, 5) is 12.1. The highest BCUT2D eigenvalue weighted by molar-refractivity contribution is 5.50. The molecule has 0 amide bonds. The maximum atomic E-state index is 12.8. The second kappa shape index (κ2) is 5.05. The first-order chi connectivity index (χ1) is 10.9. The van der Waals surface area contributed by atoms with Crippen molar-refractivity contribution in [2.45, 2.75) is 32.0 Å². The Kier molecular flexibility index (Phi) is 3.22. The number of aromatic nitrogens is 4. The summed E-state index contributed by atoms with van der Waals surface area (Å²) in [5.41, 5.74) is 0.637. The van der Waals surface area contributed by atoms with Crippen molar-refractivity contribution < 1.29 is 13.2 Å². The summed E-state index contributed by atoms with van der Waals surface area (Å²) in [7, 11) is 0. The van der Waals surface area contributed by atoms with Gasteiger partial charge in [-0.3, -0.25) is 4.90 Å². The van der Waals surface area contributed by atoms with Gasteiger partial charge in [-0.05, 0) is 32.9 Å². The molecule has 2 aromatic heterocycles. The van der Waals surface area contributed by atoms with Crippen molar-refractivity contribution in [3.8, 4) is 0 Å². The van der Waals surface area contributed by atoms with Crippen molar-refractivity contribution in [3.05, 3.63) is 17.6 Å². The molecule has 0 unspecified atom stereocenters. The SMILES string of the molecule is Cc1cc(N2CC(N3CCCC3)C2)n2nc(C(F)(F)F)nc2n1. The van der Waals surface area contributed by atoms with Crippen molar-refractivity contribution in [1.29, 1.82) is 0 Å². The van der Waals surface area contributed by atoms with Gasteiger partial charge in [0.25, 0.3) is 11.6 Å². The molecule has 124 valence electrons. The van der Waals surface area contributed by atoms with Crippen LogP contribution in [-0.2, 0) is 6.18 Å². The predicted octanol–water partition coefficient (Wildman–Crippen LogP) is 1.74. The zero-order chi connectivity index (χ0) is 16.2. The van der Waals surface area contributed by atoms with Crippen LogP contribution in [0.5, 0.6) is 0 Å². The lowest BCUT2D eigenvalue weighted by Gasteiger charge is -2.45. The van der Waals surface area contributed by atoms with Gasteiger partial charge in [0.2, 0.25) is 0 Å². The van der Waals surface area contributed by atoms with E-state index in [9.17, 15) is 13.2 Å². The van der Waals surface area contributed by atoms with Crippen molar-refractivity contribution in [3.63, 3.8) is 0 Å². The molecule has 6 nitrogen and oxygen atoms in total. The van der Waals surface area contributed by atoms with E-state index in [4.69, 9.17) is 0 Å². The van der Waals surface area contributed by atoms with Crippen LogP contribution in [0.2, 0.25) is 0 Å². The molecule has 0 radical (unpaired) electrons. The molecule has 2 aliphatic rings. The van der Waals surface area contributed by atoms with E-state index in [0.29, 0.717) is 17.6 Å². The molecule has 2 fully saturated rings. The van der Waals surface area contributed by atoms with Gasteiger partial charge in [-0.15, -0.1) is 5.10 Å². The molecule has 0 N–H and O–H groups in total. The summed E-state index contributed by atoms with van der Waals surface area (Å²) < 4.78 is 39.7. The number of anilines is 1. The van der Waals surface area contributed by atoms with Crippen LogP contribution in [-0.4, -0.2) is 56.7 Å². The molecule has 0 saturated carbocycles. The summed E-state index contributed by atoms with van der Waals surface area (Å²) in [5.74, 6) is -0.517. The van der Waals surface area contributed by atoms with Gasteiger partial charge >= 0.3 is 6.18 Å². The smallest absolute Gasteiger partial charge is 0.353 e. The highest BCUT2D eigenvalue weighted by Gasteiger charge is 2.38. The topological polar surface area (TPSA) is 49.6 Å². The summed E-state index contributed by atoms with van der Waals surface area (Å²) in [6.07, 6.45) is -2.10. The molecule has 0 aliphatic carbocycles. The normalized spacial score (nSPS) is 20.4. The van der Waals surface area contributed by atoms with Crippen molar-refractivity contribution in [2.75, 3.05) is 31.1 Å². The third-order valence-electron chi connectivity index (χ3n) is 4.52. The summed E-state index contributed by atoms with van der Waals surface area (Å²) in [5, 5.41) is 3.61. The Hall–Kier alpha value is -1.90. The second-order valence-corrected chi connectivity index (χ2v) is 6.20. The van der Waals surface area contributed by atoms with E-state index >= 15 is 0 Å². The molecule has 2 aromatic rings. The molecule has 0 aromatic carbocycles. The highest BCUT2D eigenvalue weighted by Crippen LogP contribution is 2.30. The van der Waals surface area contributed by atoms with E-state index in [0.717, 1.165) is 26.2 Å². The standard InChI is InChI=1S/C14H17F3N6/c1-9-6-11(22-7-10(8-22)21-4-2-3-5-21)23-13(18-9)19-12(20-23)14(15,16)17/h6,10H,2-5,7-8H2,1H3. The minimum Gasteiger partial charge on any atom is -0.353 e. The van der Waals surface area contributed by atoms with Crippen molar-refractivity contribution >= 4 is 11.6 Å². The lowest BCUT2D eigenvalue weighted by Crippen LogP contribution is -2.59. The summed E-state index contributed by atoms with van der Waals surface area (Å²) in [6.45, 7) is 5.60. The largest absolute Gasteiger partial charge is 0.453 e. The van der Waals surface area contributed by atoms with Crippen LogP contribution in [0.1, 0.15) is 24.4 Å². The van der Waals surface area contributed by atoms with Gasteiger partial charge in [0.15, 0.2) is 0 Å². The number of aryl methyl sites for hydroxylation is 1. The lowest BCUT2D eigenvalue weighted by molar-refractivity contribution is -0.144. The first-order valence-corrected chi connectivity index (χ1v) is 7.72. The average Bonchev–Trinajstić information content (AvgIpc) is 3.04. The fraction of sp³-hybridized carbons (Fsp3) is 0.643. The van der Waals surface area contributed by atoms with Crippen molar-refractivity contribution in [1.82, 2.24) is 24.5 Å². The minimum atomic E-state index is -4.56. The van der Waals surface area contributed by atoms with Crippen molar-refractivity contribution in [2.24, 2.45) is 0 Å². The maximum Gasteiger partial charge on any atom is 0.453 e. The molecular weight excluding hydrogens is 309 g/mol. The number of halogens is 3. The Morgan fingerprint density at radius 2 is 1.83 bits per heavy atom. The van der Waals surface area contributed by atoms with Gasteiger partial charge < -0.3 is 4.90 Å². The van der Waals surface area contributed by atoms with Crippen LogP contribution in [0.4, 0.5) is 19.0 Å². The second-order valence-electron chi connectivity index (χ2n) is 6.20. The Morgan fingerprint density at radius 3 is 2.48 bits per heavy atom. The van der Waals surface area contributed by atoms with Crippen LogP contribution < -0.4 is 4.90 Å². The Balaban J connectivity index is 1.63. The number of fused-ring (bicyclic) bond motifs is 1. The molecule has 9 heteroatoms. The highest BCUT2D eigenvalue weighted by atomic mass is 19.4. The molecule has 0 atom stereocenters. The average molecular weight is 326 g/mol. The van der Waals surface area contributed by atoms with E-state index in [1.807, 2.05) is 4.90 Å². The van der Waals surface area contributed by atoms with Gasteiger partial charge in [0.05, 0.1) is 0 Å². The van der Waals surface area contributed by atoms with E-state index in [2.05, 4.69) is 20.0 Å². The number of rotatable bonds is 2. The fourth-order valence-electron chi connectivity index (χ4n) is 3.29. The minimum absolute atomic E-state index is 0.00283. The van der Waals surface area contributed by atoms with Gasteiger partial charge in [0, 0.05) is 30.9 Å². The Morgan fingerprint density at radius 1 is 1.13 bits per heavy atom. The molecule has 4 heterocycles.